The van der Waals surface area contributed by atoms with Crippen molar-refractivity contribution in [3.8, 4) is 0 Å². The van der Waals surface area contributed by atoms with Crippen molar-refractivity contribution in [2.24, 2.45) is 0 Å². The Kier molecular flexibility index (Phi) is 2.87. The largest absolute Gasteiger partial charge is 0.396 e. The highest BCUT2D eigenvalue weighted by molar-refractivity contribution is 6.12. The minimum absolute atomic E-state index is 0.124. The molecule has 3 nitrogen and oxygen atoms in total. The molecule has 86 valence electrons. The van der Waals surface area contributed by atoms with E-state index in [-0.39, 0.29) is 17.0 Å². The van der Waals surface area contributed by atoms with Crippen LogP contribution in [0.2, 0.25) is 0 Å². The first-order chi connectivity index (χ1) is 8.11. The van der Waals surface area contributed by atoms with Crippen LogP contribution in [0.4, 0.5) is 10.1 Å². The van der Waals surface area contributed by atoms with Gasteiger partial charge in [-0.15, -0.1) is 0 Å². The van der Waals surface area contributed by atoms with Crippen LogP contribution in [0.25, 0.3) is 0 Å². The van der Waals surface area contributed by atoms with Crippen LogP contribution < -0.4 is 5.73 Å². The molecule has 0 unspecified atom stereocenters. The van der Waals surface area contributed by atoms with E-state index in [1.54, 1.807) is 19.2 Å². The summed E-state index contributed by atoms with van der Waals surface area (Å²) in [7, 11) is 0. The maximum atomic E-state index is 13.3. The monoisotopic (exact) mass is 230 g/mol. The van der Waals surface area contributed by atoms with Gasteiger partial charge in [0.25, 0.3) is 0 Å². The first-order valence-corrected chi connectivity index (χ1v) is 5.10. The molecule has 0 bridgehead atoms. The summed E-state index contributed by atoms with van der Waals surface area (Å²) < 4.78 is 13.3. The molecule has 1 heterocycles. The third kappa shape index (κ3) is 2.01. The molecule has 0 radical (unpaired) electrons. The second-order valence-electron chi connectivity index (χ2n) is 3.72. The Labute approximate surface area is 98.1 Å². The molecule has 0 aliphatic rings. The van der Waals surface area contributed by atoms with E-state index < -0.39 is 5.82 Å². The fourth-order valence-electron chi connectivity index (χ4n) is 1.58. The SMILES string of the molecule is Cc1ccncc1C(=O)c1cccc(F)c1N. The van der Waals surface area contributed by atoms with Gasteiger partial charge in [-0.05, 0) is 30.7 Å². The van der Waals surface area contributed by atoms with E-state index in [4.69, 9.17) is 5.73 Å². The number of hydrogen-bond donors (Lipinski definition) is 1. The molecule has 2 N–H and O–H groups in total. The molecule has 17 heavy (non-hydrogen) atoms. The van der Waals surface area contributed by atoms with E-state index in [1.807, 2.05) is 0 Å². The number of carbonyl (C=O) groups excluding carboxylic acids is 1. The first kappa shape index (κ1) is 11.3. The number of nitrogen functional groups attached to an aromatic ring is 1. The first-order valence-electron chi connectivity index (χ1n) is 5.10. The molecule has 2 rings (SSSR count). The Morgan fingerprint density at radius 1 is 1.29 bits per heavy atom. The zero-order valence-corrected chi connectivity index (χ0v) is 9.27. The highest BCUT2D eigenvalue weighted by Gasteiger charge is 2.16. The number of rotatable bonds is 2. The lowest BCUT2D eigenvalue weighted by molar-refractivity contribution is 0.103. The van der Waals surface area contributed by atoms with Crippen LogP contribution in [0.1, 0.15) is 21.5 Å². The van der Waals surface area contributed by atoms with Gasteiger partial charge < -0.3 is 5.73 Å². The van der Waals surface area contributed by atoms with Gasteiger partial charge in [-0.25, -0.2) is 4.39 Å². The molecule has 0 atom stereocenters. The summed E-state index contributed by atoms with van der Waals surface area (Å²) in [5.74, 6) is -0.898. The number of aryl methyl sites for hydroxylation is 1. The highest BCUT2D eigenvalue weighted by Crippen LogP contribution is 2.20. The summed E-state index contributed by atoms with van der Waals surface area (Å²) in [6, 6.07) is 5.92. The minimum atomic E-state index is -0.586. The summed E-state index contributed by atoms with van der Waals surface area (Å²) in [6.07, 6.45) is 3.06. The number of carbonyl (C=O) groups is 1. The van der Waals surface area contributed by atoms with Gasteiger partial charge in [0.15, 0.2) is 5.78 Å². The van der Waals surface area contributed by atoms with Crippen LogP contribution in [0.3, 0.4) is 0 Å². The van der Waals surface area contributed by atoms with Gasteiger partial charge in [0.2, 0.25) is 0 Å². The Balaban J connectivity index is 2.52. The molecule has 2 aromatic rings. The molecule has 0 saturated heterocycles. The lowest BCUT2D eigenvalue weighted by atomic mass is 10.00. The van der Waals surface area contributed by atoms with Crippen molar-refractivity contribution < 1.29 is 9.18 Å². The smallest absolute Gasteiger partial charge is 0.197 e. The fraction of sp³-hybridized carbons (Fsp3) is 0.0769. The predicted octanol–water partition coefficient (Wildman–Crippen LogP) is 2.34. The zero-order valence-electron chi connectivity index (χ0n) is 9.27. The van der Waals surface area contributed by atoms with Crippen LogP contribution in [-0.2, 0) is 0 Å². The van der Waals surface area contributed by atoms with Gasteiger partial charge >= 0.3 is 0 Å². The van der Waals surface area contributed by atoms with Crippen LogP contribution in [0.15, 0.2) is 36.7 Å². The van der Waals surface area contributed by atoms with Gasteiger partial charge in [-0.1, -0.05) is 6.07 Å². The molecule has 0 aliphatic carbocycles. The number of halogens is 1. The van der Waals surface area contributed by atoms with Crippen LogP contribution in [0.5, 0.6) is 0 Å². The third-order valence-corrected chi connectivity index (χ3v) is 2.58. The number of hydrogen-bond acceptors (Lipinski definition) is 3. The van der Waals surface area contributed by atoms with E-state index in [2.05, 4.69) is 4.98 Å². The second kappa shape index (κ2) is 4.33. The minimum Gasteiger partial charge on any atom is -0.396 e. The molecule has 0 saturated carbocycles. The van der Waals surface area contributed by atoms with Crippen molar-refractivity contribution in [3.05, 3.63) is 59.2 Å². The number of benzene rings is 1. The Morgan fingerprint density at radius 3 is 2.76 bits per heavy atom. The molecule has 0 amide bonds. The number of nitrogens with two attached hydrogens (primary N) is 1. The Morgan fingerprint density at radius 2 is 2.06 bits per heavy atom. The average Bonchev–Trinajstić information content (AvgIpc) is 2.32. The number of pyridine rings is 1. The van der Waals surface area contributed by atoms with E-state index in [0.29, 0.717) is 5.56 Å². The quantitative estimate of drug-likeness (QED) is 0.636. The summed E-state index contributed by atoms with van der Waals surface area (Å²) in [5, 5.41) is 0. The number of para-hydroxylation sites is 1. The van der Waals surface area contributed by atoms with Gasteiger partial charge in [0.1, 0.15) is 5.82 Å². The van der Waals surface area contributed by atoms with Crippen molar-refractivity contribution in [3.63, 3.8) is 0 Å². The second-order valence-corrected chi connectivity index (χ2v) is 3.72. The molecular formula is C13H11FN2O. The third-order valence-electron chi connectivity index (χ3n) is 2.58. The predicted molar refractivity (Wildman–Crippen MR) is 63.2 cm³/mol. The molecule has 0 aliphatic heterocycles. The van der Waals surface area contributed by atoms with E-state index in [9.17, 15) is 9.18 Å². The summed E-state index contributed by atoms with van der Waals surface area (Å²) in [6.45, 7) is 1.80. The van der Waals surface area contributed by atoms with E-state index in [0.717, 1.165) is 5.56 Å². The molecule has 1 aromatic heterocycles. The normalized spacial score (nSPS) is 10.2. The van der Waals surface area contributed by atoms with Crippen LogP contribution >= 0.6 is 0 Å². The molecule has 0 fully saturated rings. The Hall–Kier alpha value is -2.23. The summed E-state index contributed by atoms with van der Waals surface area (Å²) in [5.41, 5.74) is 6.82. The lowest BCUT2D eigenvalue weighted by Crippen LogP contribution is -2.08. The van der Waals surface area contributed by atoms with Crippen LogP contribution in [0, 0.1) is 12.7 Å². The van der Waals surface area contributed by atoms with E-state index in [1.165, 1.54) is 24.4 Å². The number of anilines is 1. The van der Waals surface area contributed by atoms with Gasteiger partial charge in [0, 0.05) is 23.5 Å². The number of nitrogens with zero attached hydrogens (tertiary/aromatic N) is 1. The van der Waals surface area contributed by atoms with Gasteiger partial charge in [0.05, 0.1) is 5.69 Å². The maximum absolute atomic E-state index is 13.3. The van der Waals surface area contributed by atoms with Gasteiger partial charge in [-0.2, -0.15) is 0 Å². The van der Waals surface area contributed by atoms with Crippen molar-refractivity contribution >= 4 is 11.5 Å². The highest BCUT2D eigenvalue weighted by atomic mass is 19.1. The lowest BCUT2D eigenvalue weighted by Gasteiger charge is -2.07. The van der Waals surface area contributed by atoms with Crippen molar-refractivity contribution in [2.45, 2.75) is 6.92 Å². The molecule has 4 heteroatoms. The summed E-state index contributed by atoms with van der Waals surface area (Å²) >= 11 is 0. The average molecular weight is 230 g/mol. The molecule has 1 aromatic carbocycles. The molecule has 0 spiro atoms. The fourth-order valence-corrected chi connectivity index (χ4v) is 1.58. The zero-order chi connectivity index (χ0) is 12.4. The van der Waals surface area contributed by atoms with Crippen molar-refractivity contribution in [1.82, 2.24) is 4.98 Å². The maximum Gasteiger partial charge on any atom is 0.197 e. The van der Waals surface area contributed by atoms with E-state index >= 15 is 0 Å². The van der Waals surface area contributed by atoms with Gasteiger partial charge in [-0.3, -0.25) is 9.78 Å². The topological polar surface area (TPSA) is 56.0 Å². The van der Waals surface area contributed by atoms with Crippen LogP contribution in [-0.4, -0.2) is 10.8 Å². The number of ketones is 1. The number of aromatic nitrogens is 1. The van der Waals surface area contributed by atoms with Crippen molar-refractivity contribution in [2.75, 3.05) is 5.73 Å². The summed E-state index contributed by atoms with van der Waals surface area (Å²) in [4.78, 5) is 16.0. The Bertz CT molecular complexity index is 581. The van der Waals surface area contributed by atoms with Crippen molar-refractivity contribution in [1.29, 1.82) is 0 Å². The standard InChI is InChI=1S/C13H11FN2O/c1-8-5-6-16-7-10(8)13(17)9-3-2-4-11(14)12(9)15/h2-7H,15H2,1H3. The molecular weight excluding hydrogens is 219 g/mol.